The van der Waals surface area contributed by atoms with Crippen molar-refractivity contribution >= 4 is 29.4 Å². The van der Waals surface area contributed by atoms with Gasteiger partial charge in [0.2, 0.25) is 5.88 Å². The Hall–Kier alpha value is -3.07. The molecule has 0 saturated heterocycles. The van der Waals surface area contributed by atoms with Gasteiger partial charge < -0.3 is 25.3 Å². The van der Waals surface area contributed by atoms with Crippen LogP contribution in [0.3, 0.4) is 0 Å². The van der Waals surface area contributed by atoms with Gasteiger partial charge in [0.15, 0.2) is 5.78 Å². The number of alkyl halides is 1. The molecular formula is C31H47ClFN3O4. The first-order valence-corrected chi connectivity index (χ1v) is 14.0. The number of aromatic nitrogens is 1. The van der Waals surface area contributed by atoms with Crippen LogP contribution in [-0.4, -0.2) is 55.9 Å². The fraction of sp³-hybridized carbons (Fsp3) is 0.452. The maximum atomic E-state index is 13.1. The number of carbonyl (C=O) groups excluding carboxylic acids is 2. The second-order valence-corrected chi connectivity index (χ2v) is 8.22. The van der Waals surface area contributed by atoms with Gasteiger partial charge in [-0.25, -0.2) is 9.37 Å². The van der Waals surface area contributed by atoms with E-state index in [-0.39, 0.29) is 11.6 Å². The molecule has 9 heteroatoms. The van der Waals surface area contributed by atoms with Gasteiger partial charge in [-0.05, 0) is 57.0 Å². The molecule has 1 unspecified atom stereocenters. The zero-order valence-corrected chi connectivity index (χ0v) is 25.7. The molecule has 0 fully saturated rings. The molecule has 0 aliphatic rings. The molecule has 0 aliphatic heterocycles. The number of ketones is 1. The highest BCUT2D eigenvalue weighted by molar-refractivity contribution is 6.15. The number of hydrogen-bond donors (Lipinski definition) is 3. The number of nitrogens with one attached hydrogen (secondary N) is 2. The molecule has 0 amide bonds. The number of aldehydes is 1. The van der Waals surface area contributed by atoms with E-state index in [9.17, 15) is 14.0 Å². The van der Waals surface area contributed by atoms with Gasteiger partial charge in [0.05, 0.1) is 13.7 Å². The number of benzene rings is 1. The lowest BCUT2D eigenvalue weighted by Gasteiger charge is -2.14. The van der Waals surface area contributed by atoms with Gasteiger partial charge in [-0.3, -0.25) is 4.79 Å². The number of halogens is 2. The van der Waals surface area contributed by atoms with Crippen molar-refractivity contribution in [2.24, 2.45) is 5.92 Å². The lowest BCUT2D eigenvalue weighted by Crippen LogP contribution is -2.25. The molecular weight excluding hydrogens is 533 g/mol. The predicted molar refractivity (Wildman–Crippen MR) is 165 cm³/mol. The molecule has 0 radical (unpaired) electrons. The van der Waals surface area contributed by atoms with Crippen molar-refractivity contribution in [1.82, 2.24) is 10.3 Å². The molecule has 1 aromatic heterocycles. The molecule has 1 heterocycles. The van der Waals surface area contributed by atoms with Crippen LogP contribution in [0.1, 0.15) is 58.6 Å². The Morgan fingerprint density at radius 2 is 1.82 bits per heavy atom. The molecule has 2 aromatic rings. The standard InChI is InChI=1S/C15H27NO.C14H13FN2O2.CH3Cl.CH4O/c1-5-9-14(8-4)15(17)12-16-11-10-13(6-2)7-3;1-19-14-6-5-10(8-16-14)13(9-18)17-12-4-2-3-11(15)7-12;2*1-2/h5,8-9,13,16H,6-7,10-12H2,1-4H3;2-9,13,17H,1H3;1H3;2H,1H3/b9-5-,14-8+;;;. The molecule has 1 aromatic carbocycles. The number of anilines is 1. The number of allylic oxidation sites excluding steroid dienone is 3. The maximum Gasteiger partial charge on any atom is 0.212 e. The number of nitrogens with zero attached hydrogens (tertiary/aromatic N) is 1. The fourth-order valence-corrected chi connectivity index (χ4v) is 3.49. The molecule has 0 bridgehead atoms. The SMILES string of the molecule is C/C=C\C(=C/C)C(=O)CNCCC(CC)CC.CCl.CO.COc1ccc(C(C=O)Nc2cccc(F)c2)cn1. The summed E-state index contributed by atoms with van der Waals surface area (Å²) in [7, 11) is 2.52. The number of aliphatic hydroxyl groups excluding tert-OH is 1. The summed E-state index contributed by atoms with van der Waals surface area (Å²) in [6.45, 7) is 9.66. The van der Waals surface area contributed by atoms with Crippen LogP contribution >= 0.6 is 11.6 Å². The van der Waals surface area contributed by atoms with Crippen molar-refractivity contribution in [3.8, 4) is 5.88 Å². The summed E-state index contributed by atoms with van der Waals surface area (Å²) in [4.78, 5) is 26.9. The van der Waals surface area contributed by atoms with Crippen molar-refractivity contribution in [1.29, 1.82) is 0 Å². The molecule has 1 atom stereocenters. The van der Waals surface area contributed by atoms with Gasteiger partial charge >= 0.3 is 0 Å². The van der Waals surface area contributed by atoms with Crippen LogP contribution in [0.5, 0.6) is 5.88 Å². The first kappa shape index (κ1) is 39.1. The Balaban J connectivity index is 0. The van der Waals surface area contributed by atoms with Gasteiger partial charge in [-0.2, -0.15) is 0 Å². The minimum absolute atomic E-state index is 0.176. The van der Waals surface area contributed by atoms with E-state index >= 15 is 0 Å². The number of methoxy groups -OCH3 is 1. The Morgan fingerprint density at radius 1 is 1.15 bits per heavy atom. The van der Waals surface area contributed by atoms with E-state index in [0.717, 1.165) is 37.9 Å². The number of rotatable bonds is 14. The van der Waals surface area contributed by atoms with Crippen molar-refractivity contribution in [3.63, 3.8) is 0 Å². The molecule has 0 saturated carbocycles. The largest absolute Gasteiger partial charge is 0.481 e. The smallest absolute Gasteiger partial charge is 0.212 e. The van der Waals surface area contributed by atoms with Gasteiger partial charge in [-0.1, -0.05) is 51.0 Å². The van der Waals surface area contributed by atoms with E-state index in [0.29, 0.717) is 23.7 Å². The summed E-state index contributed by atoms with van der Waals surface area (Å²) < 4.78 is 18.0. The number of ether oxygens (including phenoxy) is 1. The van der Waals surface area contributed by atoms with Crippen LogP contribution in [-0.2, 0) is 9.59 Å². The number of hydrogen-bond acceptors (Lipinski definition) is 7. The van der Waals surface area contributed by atoms with Crippen LogP contribution in [0.15, 0.2) is 66.4 Å². The van der Waals surface area contributed by atoms with Crippen molar-refractivity contribution in [2.75, 3.05) is 39.0 Å². The average Bonchev–Trinajstić information content (AvgIpc) is 3.01. The fourth-order valence-electron chi connectivity index (χ4n) is 3.49. The molecule has 40 heavy (non-hydrogen) atoms. The maximum absolute atomic E-state index is 13.1. The first-order valence-electron chi connectivity index (χ1n) is 13.2. The normalized spacial score (nSPS) is 11.2. The third-order valence-corrected chi connectivity index (χ3v) is 5.76. The Morgan fingerprint density at radius 3 is 2.30 bits per heavy atom. The molecule has 7 nitrogen and oxygen atoms in total. The zero-order chi connectivity index (χ0) is 30.8. The molecule has 224 valence electrons. The van der Waals surface area contributed by atoms with Gasteiger partial charge in [0.1, 0.15) is 18.1 Å². The van der Waals surface area contributed by atoms with Gasteiger partial charge in [0.25, 0.3) is 0 Å². The van der Waals surface area contributed by atoms with Crippen LogP contribution in [0.2, 0.25) is 0 Å². The van der Waals surface area contributed by atoms with E-state index in [1.807, 2.05) is 32.1 Å². The summed E-state index contributed by atoms with van der Waals surface area (Å²) >= 11 is 4.64. The van der Waals surface area contributed by atoms with Gasteiger partial charge in [0, 0.05) is 42.6 Å². The lowest BCUT2D eigenvalue weighted by molar-refractivity contribution is -0.114. The first-order chi connectivity index (χ1) is 19.4. The zero-order valence-electron chi connectivity index (χ0n) is 24.9. The molecule has 0 spiro atoms. The van der Waals surface area contributed by atoms with Crippen molar-refractivity contribution in [2.45, 2.75) is 53.0 Å². The third kappa shape index (κ3) is 16.8. The van der Waals surface area contributed by atoms with Crippen LogP contribution in [0.4, 0.5) is 10.1 Å². The highest BCUT2D eigenvalue weighted by Gasteiger charge is 2.11. The molecule has 0 aliphatic carbocycles. The topological polar surface area (TPSA) is 101 Å². The lowest BCUT2D eigenvalue weighted by atomic mass is 10.00. The third-order valence-electron chi connectivity index (χ3n) is 5.76. The quantitative estimate of drug-likeness (QED) is 0.0768. The highest BCUT2D eigenvalue weighted by atomic mass is 35.5. The Labute approximate surface area is 244 Å². The molecule has 2 rings (SSSR count). The summed E-state index contributed by atoms with van der Waals surface area (Å²) in [5.41, 5.74) is 2.01. The van der Waals surface area contributed by atoms with E-state index in [2.05, 4.69) is 41.1 Å². The number of aliphatic hydroxyl groups is 1. The second kappa shape index (κ2) is 26.2. The van der Waals surface area contributed by atoms with E-state index in [4.69, 9.17) is 9.84 Å². The highest BCUT2D eigenvalue weighted by Crippen LogP contribution is 2.19. The van der Waals surface area contributed by atoms with E-state index < -0.39 is 6.04 Å². The summed E-state index contributed by atoms with van der Waals surface area (Å²) in [6.07, 6.45) is 13.0. The summed E-state index contributed by atoms with van der Waals surface area (Å²) in [5, 5.41) is 13.2. The van der Waals surface area contributed by atoms with Crippen LogP contribution < -0.4 is 15.4 Å². The summed E-state index contributed by atoms with van der Waals surface area (Å²) in [5.74, 6) is 1.08. The van der Waals surface area contributed by atoms with Gasteiger partial charge in [-0.15, -0.1) is 11.6 Å². The van der Waals surface area contributed by atoms with E-state index in [1.54, 1.807) is 30.5 Å². The van der Waals surface area contributed by atoms with Crippen molar-refractivity contribution in [3.05, 3.63) is 77.8 Å². The number of carbonyl (C=O) groups is 2. The Kier molecular flexibility index (Phi) is 25.6. The number of pyridine rings is 1. The summed E-state index contributed by atoms with van der Waals surface area (Å²) in [6, 6.07) is 8.75. The Bertz CT molecular complexity index is 981. The van der Waals surface area contributed by atoms with E-state index in [1.165, 1.54) is 38.5 Å². The number of Topliss-reactive ketones (excluding diaryl/α,β-unsaturated/α-hetero) is 1. The predicted octanol–water partition coefficient (Wildman–Crippen LogP) is 6.54. The monoisotopic (exact) mass is 579 g/mol. The van der Waals surface area contributed by atoms with Crippen molar-refractivity contribution < 1.29 is 23.8 Å². The molecule has 3 N–H and O–H groups in total. The van der Waals surface area contributed by atoms with Crippen LogP contribution in [0.25, 0.3) is 0 Å². The minimum Gasteiger partial charge on any atom is -0.481 e. The second-order valence-electron chi connectivity index (χ2n) is 8.22. The average molecular weight is 580 g/mol. The van der Waals surface area contributed by atoms with Crippen LogP contribution in [0, 0.1) is 11.7 Å². The minimum atomic E-state index is -0.583.